The molecule has 0 radical (unpaired) electrons. The van der Waals surface area contributed by atoms with Crippen LogP contribution in [0, 0.1) is 6.92 Å². The molecule has 1 heterocycles. The first-order valence-electron chi connectivity index (χ1n) is 5.87. The first-order chi connectivity index (χ1) is 7.34. The maximum Gasteiger partial charge on any atom is 0.240 e. The van der Waals surface area contributed by atoms with Crippen molar-refractivity contribution in [3.8, 4) is 0 Å². The number of nitrogens with zero attached hydrogens (tertiary/aromatic N) is 2. The Hall–Kier alpha value is -0.900. The van der Waals surface area contributed by atoms with Gasteiger partial charge in [-0.3, -0.25) is 0 Å². The van der Waals surface area contributed by atoms with E-state index < -0.39 is 0 Å². The maximum absolute atomic E-state index is 5.06. The molecule has 2 rings (SSSR count). The number of hydrogen-bond acceptors (Lipinski definition) is 4. The van der Waals surface area contributed by atoms with Crippen LogP contribution in [0.15, 0.2) is 4.52 Å². The van der Waals surface area contributed by atoms with Gasteiger partial charge in [-0.1, -0.05) is 30.8 Å². The van der Waals surface area contributed by atoms with Crippen LogP contribution in [0.25, 0.3) is 0 Å². The van der Waals surface area contributed by atoms with Gasteiger partial charge in [-0.15, -0.1) is 0 Å². The van der Waals surface area contributed by atoms with Crippen molar-refractivity contribution in [2.45, 2.75) is 58.0 Å². The molecule has 1 aliphatic carbocycles. The molecule has 84 valence electrons. The lowest BCUT2D eigenvalue weighted by atomic mass is 10.1. The Kier molecular flexibility index (Phi) is 3.72. The van der Waals surface area contributed by atoms with Crippen molar-refractivity contribution in [1.29, 1.82) is 0 Å². The Bertz CT molecular complexity index is 290. The third-order valence-corrected chi connectivity index (χ3v) is 2.97. The zero-order chi connectivity index (χ0) is 10.5. The van der Waals surface area contributed by atoms with Crippen LogP contribution in [0.2, 0.25) is 0 Å². The minimum absolute atomic E-state index is 0.639. The highest BCUT2D eigenvalue weighted by Crippen LogP contribution is 2.17. The van der Waals surface area contributed by atoms with E-state index in [0.717, 1.165) is 0 Å². The van der Waals surface area contributed by atoms with Gasteiger partial charge in [-0.05, 0) is 19.8 Å². The highest BCUT2D eigenvalue weighted by molar-refractivity contribution is 4.83. The lowest BCUT2D eigenvalue weighted by Crippen LogP contribution is -2.27. The Labute approximate surface area is 90.4 Å². The highest BCUT2D eigenvalue weighted by Gasteiger charge is 2.12. The van der Waals surface area contributed by atoms with E-state index in [4.69, 9.17) is 4.52 Å². The second-order valence-electron chi connectivity index (χ2n) is 4.30. The molecule has 1 saturated carbocycles. The van der Waals surface area contributed by atoms with Crippen molar-refractivity contribution in [3.05, 3.63) is 11.7 Å². The van der Waals surface area contributed by atoms with Gasteiger partial charge in [0.2, 0.25) is 5.89 Å². The predicted molar refractivity (Wildman–Crippen MR) is 57.4 cm³/mol. The molecule has 0 saturated heterocycles. The zero-order valence-electron chi connectivity index (χ0n) is 9.33. The molecule has 1 aliphatic rings. The van der Waals surface area contributed by atoms with Crippen LogP contribution in [0.3, 0.4) is 0 Å². The fourth-order valence-electron chi connectivity index (χ4n) is 2.13. The molecule has 0 spiro atoms. The summed E-state index contributed by atoms with van der Waals surface area (Å²) >= 11 is 0. The lowest BCUT2D eigenvalue weighted by Gasteiger charge is -2.14. The van der Waals surface area contributed by atoms with Gasteiger partial charge in [-0.25, -0.2) is 0 Å². The van der Waals surface area contributed by atoms with E-state index in [0.29, 0.717) is 24.3 Å². The monoisotopic (exact) mass is 209 g/mol. The lowest BCUT2D eigenvalue weighted by molar-refractivity contribution is 0.347. The molecule has 0 aromatic carbocycles. The summed E-state index contributed by atoms with van der Waals surface area (Å²) in [4.78, 5) is 4.18. The molecule has 1 fully saturated rings. The molecule has 0 bridgehead atoms. The second-order valence-corrected chi connectivity index (χ2v) is 4.30. The SMILES string of the molecule is Cc1noc(CNC2CCCCCC2)n1. The number of rotatable bonds is 3. The Balaban J connectivity index is 1.76. The maximum atomic E-state index is 5.06. The molecule has 0 amide bonds. The van der Waals surface area contributed by atoms with Crippen LogP contribution < -0.4 is 5.32 Å². The average molecular weight is 209 g/mol. The van der Waals surface area contributed by atoms with Crippen LogP contribution in [0.1, 0.15) is 50.2 Å². The number of aromatic nitrogens is 2. The first-order valence-corrected chi connectivity index (χ1v) is 5.87. The third-order valence-electron chi connectivity index (χ3n) is 2.97. The van der Waals surface area contributed by atoms with E-state index in [1.165, 1.54) is 38.5 Å². The number of nitrogens with one attached hydrogen (secondary N) is 1. The standard InChI is InChI=1S/C11H19N3O/c1-9-13-11(15-14-9)8-12-10-6-4-2-3-5-7-10/h10,12H,2-8H2,1H3. The smallest absolute Gasteiger partial charge is 0.240 e. The van der Waals surface area contributed by atoms with Crippen molar-refractivity contribution >= 4 is 0 Å². The molecule has 1 N–H and O–H groups in total. The van der Waals surface area contributed by atoms with Crippen LogP contribution in [0.4, 0.5) is 0 Å². The van der Waals surface area contributed by atoms with Crippen LogP contribution in [-0.4, -0.2) is 16.2 Å². The summed E-state index contributed by atoms with van der Waals surface area (Å²) < 4.78 is 5.06. The molecular weight excluding hydrogens is 190 g/mol. The van der Waals surface area contributed by atoms with Crippen molar-refractivity contribution in [1.82, 2.24) is 15.5 Å². The van der Waals surface area contributed by atoms with Gasteiger partial charge >= 0.3 is 0 Å². The fourth-order valence-corrected chi connectivity index (χ4v) is 2.13. The first kappa shape index (κ1) is 10.6. The van der Waals surface area contributed by atoms with E-state index >= 15 is 0 Å². The minimum Gasteiger partial charge on any atom is -0.338 e. The molecule has 1 aromatic heterocycles. The Morgan fingerprint density at radius 1 is 1.27 bits per heavy atom. The van der Waals surface area contributed by atoms with Crippen LogP contribution in [-0.2, 0) is 6.54 Å². The van der Waals surface area contributed by atoms with Gasteiger partial charge in [0.1, 0.15) is 0 Å². The summed E-state index contributed by atoms with van der Waals surface area (Å²) in [6.45, 7) is 2.56. The van der Waals surface area contributed by atoms with E-state index in [1.54, 1.807) is 0 Å². The predicted octanol–water partition coefficient (Wildman–Crippen LogP) is 2.19. The Morgan fingerprint density at radius 3 is 2.60 bits per heavy atom. The van der Waals surface area contributed by atoms with Crippen molar-refractivity contribution < 1.29 is 4.52 Å². The van der Waals surface area contributed by atoms with Crippen LogP contribution in [0.5, 0.6) is 0 Å². The summed E-state index contributed by atoms with van der Waals surface area (Å²) in [5.74, 6) is 1.42. The van der Waals surface area contributed by atoms with Gasteiger partial charge in [0.25, 0.3) is 0 Å². The number of hydrogen-bond donors (Lipinski definition) is 1. The minimum atomic E-state index is 0.639. The van der Waals surface area contributed by atoms with Crippen molar-refractivity contribution in [2.24, 2.45) is 0 Å². The largest absolute Gasteiger partial charge is 0.338 e. The number of aryl methyl sites for hydroxylation is 1. The summed E-state index contributed by atoms with van der Waals surface area (Å²) in [7, 11) is 0. The zero-order valence-corrected chi connectivity index (χ0v) is 9.33. The van der Waals surface area contributed by atoms with Crippen LogP contribution >= 0.6 is 0 Å². The fraction of sp³-hybridized carbons (Fsp3) is 0.818. The quantitative estimate of drug-likeness (QED) is 0.775. The van der Waals surface area contributed by atoms with E-state index in [1.807, 2.05) is 6.92 Å². The summed E-state index contributed by atoms with van der Waals surface area (Å²) in [5, 5.41) is 7.27. The normalized spacial score (nSPS) is 19.0. The van der Waals surface area contributed by atoms with E-state index in [2.05, 4.69) is 15.5 Å². The van der Waals surface area contributed by atoms with Crippen molar-refractivity contribution in [2.75, 3.05) is 0 Å². The molecule has 0 aliphatic heterocycles. The van der Waals surface area contributed by atoms with Gasteiger partial charge in [-0.2, -0.15) is 4.98 Å². The van der Waals surface area contributed by atoms with Gasteiger partial charge in [0.15, 0.2) is 5.82 Å². The molecule has 0 atom stereocenters. The summed E-state index contributed by atoms with van der Waals surface area (Å²) in [5.41, 5.74) is 0. The highest BCUT2D eigenvalue weighted by atomic mass is 16.5. The molecule has 0 unspecified atom stereocenters. The van der Waals surface area contributed by atoms with E-state index in [9.17, 15) is 0 Å². The van der Waals surface area contributed by atoms with Gasteiger partial charge in [0.05, 0.1) is 6.54 Å². The molecule has 1 aromatic rings. The molecular formula is C11H19N3O. The van der Waals surface area contributed by atoms with Crippen molar-refractivity contribution in [3.63, 3.8) is 0 Å². The van der Waals surface area contributed by atoms with Gasteiger partial charge in [0, 0.05) is 6.04 Å². The molecule has 4 nitrogen and oxygen atoms in total. The molecule has 4 heteroatoms. The van der Waals surface area contributed by atoms with Gasteiger partial charge < -0.3 is 9.84 Å². The summed E-state index contributed by atoms with van der Waals surface area (Å²) in [6.07, 6.45) is 8.04. The summed E-state index contributed by atoms with van der Waals surface area (Å²) in [6, 6.07) is 0.639. The van der Waals surface area contributed by atoms with E-state index in [-0.39, 0.29) is 0 Å². The topological polar surface area (TPSA) is 51.0 Å². The Morgan fingerprint density at radius 2 is 2.00 bits per heavy atom. The molecule has 15 heavy (non-hydrogen) atoms. The third kappa shape index (κ3) is 3.30. The average Bonchev–Trinajstić information content (AvgIpc) is 2.52. The second kappa shape index (κ2) is 5.26.